The van der Waals surface area contributed by atoms with Crippen molar-refractivity contribution in [2.45, 2.75) is 37.8 Å². The van der Waals surface area contributed by atoms with Gasteiger partial charge in [-0.05, 0) is 55.0 Å². The fraction of sp³-hybridized carbons (Fsp3) is 0.357. The first-order valence-corrected chi connectivity index (χ1v) is 12.6. The Morgan fingerprint density at radius 3 is 2.61 bits per heavy atom. The van der Waals surface area contributed by atoms with Crippen molar-refractivity contribution in [3.05, 3.63) is 77.0 Å². The molecule has 196 valence electrons. The third-order valence-electron chi connectivity index (χ3n) is 7.42. The molecule has 1 saturated carbocycles. The van der Waals surface area contributed by atoms with Crippen LogP contribution in [-0.4, -0.2) is 51.2 Å². The molecule has 4 N–H and O–H groups in total. The molecule has 1 saturated heterocycles. The summed E-state index contributed by atoms with van der Waals surface area (Å²) in [6, 6.07) is 11.5. The number of benzene rings is 2. The van der Waals surface area contributed by atoms with Crippen molar-refractivity contribution in [3.63, 3.8) is 0 Å². The summed E-state index contributed by atoms with van der Waals surface area (Å²) in [4.78, 5) is 30.3. The average Bonchev–Trinajstić information content (AvgIpc) is 3.65. The first kappa shape index (κ1) is 25.4. The van der Waals surface area contributed by atoms with Gasteiger partial charge in [-0.15, -0.1) is 0 Å². The Morgan fingerprint density at radius 2 is 1.97 bits per heavy atom. The highest BCUT2D eigenvalue weighted by atomic mass is 19.1. The zero-order chi connectivity index (χ0) is 26.9. The van der Waals surface area contributed by atoms with Crippen molar-refractivity contribution in [2.24, 2.45) is 11.7 Å². The van der Waals surface area contributed by atoms with E-state index in [1.54, 1.807) is 35.1 Å². The monoisotopic (exact) mass is 516 g/mol. The van der Waals surface area contributed by atoms with Gasteiger partial charge in [-0.25, -0.2) is 11.0 Å². The SMILES string of the molecule is [C-]#[N+]CC1(n2cc(C(N)=O)c(NC(=O)C3CC3)n2)CCN(Cc2ccc(-c3cccc(F)c3)c(O)c2)CC1. The second kappa shape index (κ2) is 10.3. The third-order valence-corrected chi connectivity index (χ3v) is 7.42. The Hall–Kier alpha value is -4.23. The standard InChI is InChI=1S/C28H29FN6O3/c1-31-17-28(35-16-23(25(30)37)26(33-35)32-27(38)19-6-7-19)9-11-34(12-10-28)15-18-5-8-22(24(36)13-18)20-3-2-4-21(29)14-20/h2-5,8,13-14,16,19,36H,6-7,9-12,15,17H2,(H2,30,37)(H,32,33,38). The van der Waals surface area contributed by atoms with Crippen LogP contribution < -0.4 is 11.1 Å². The summed E-state index contributed by atoms with van der Waals surface area (Å²) in [7, 11) is 0. The molecule has 0 atom stereocenters. The van der Waals surface area contributed by atoms with E-state index < -0.39 is 11.4 Å². The Labute approximate surface area is 219 Å². The topological polar surface area (TPSA) is 118 Å². The van der Waals surface area contributed by atoms with Gasteiger partial charge in [0, 0.05) is 37.3 Å². The fourth-order valence-corrected chi connectivity index (χ4v) is 5.02. The molecule has 1 aliphatic heterocycles. The molecule has 0 radical (unpaired) electrons. The molecule has 3 aromatic rings. The summed E-state index contributed by atoms with van der Waals surface area (Å²) in [5.74, 6) is -1.03. The van der Waals surface area contributed by atoms with E-state index in [4.69, 9.17) is 12.3 Å². The lowest BCUT2D eigenvalue weighted by Crippen LogP contribution is -2.47. The molecule has 1 aromatic heterocycles. The van der Waals surface area contributed by atoms with E-state index in [0.717, 1.165) is 18.4 Å². The van der Waals surface area contributed by atoms with Crippen LogP contribution in [0, 0.1) is 18.3 Å². The number of primary amides is 1. The molecule has 2 heterocycles. The number of nitrogens with one attached hydrogen (secondary N) is 1. The van der Waals surface area contributed by atoms with E-state index in [2.05, 4.69) is 20.2 Å². The van der Waals surface area contributed by atoms with Gasteiger partial charge in [0.15, 0.2) is 5.82 Å². The van der Waals surface area contributed by atoms with Crippen LogP contribution in [0.1, 0.15) is 41.6 Å². The van der Waals surface area contributed by atoms with Crippen LogP contribution in [0.3, 0.4) is 0 Å². The number of halogens is 1. The van der Waals surface area contributed by atoms with Gasteiger partial charge in [0.2, 0.25) is 12.5 Å². The Balaban J connectivity index is 1.30. The summed E-state index contributed by atoms with van der Waals surface area (Å²) in [6.07, 6.45) is 4.41. The van der Waals surface area contributed by atoms with Gasteiger partial charge < -0.3 is 21.0 Å². The van der Waals surface area contributed by atoms with Crippen LogP contribution >= 0.6 is 0 Å². The van der Waals surface area contributed by atoms with E-state index in [1.807, 2.05) is 6.07 Å². The number of hydrogen-bond acceptors (Lipinski definition) is 5. The van der Waals surface area contributed by atoms with E-state index >= 15 is 0 Å². The van der Waals surface area contributed by atoms with Crippen LogP contribution in [0.25, 0.3) is 16.0 Å². The number of piperidine rings is 1. The molecule has 2 fully saturated rings. The number of nitrogens with zero attached hydrogens (tertiary/aromatic N) is 4. The molecule has 2 amide bonds. The largest absolute Gasteiger partial charge is 0.507 e. The summed E-state index contributed by atoms with van der Waals surface area (Å²) < 4.78 is 15.3. The lowest BCUT2D eigenvalue weighted by Gasteiger charge is -2.38. The number of aromatic hydroxyl groups is 1. The number of nitrogens with two attached hydrogens (primary N) is 1. The summed E-state index contributed by atoms with van der Waals surface area (Å²) in [5, 5.41) is 17.8. The maximum absolute atomic E-state index is 13.6. The molecule has 0 bridgehead atoms. The molecule has 9 nitrogen and oxygen atoms in total. The quantitative estimate of drug-likeness (QED) is 0.394. The first-order valence-electron chi connectivity index (χ1n) is 12.6. The molecule has 0 unspecified atom stereocenters. The van der Waals surface area contributed by atoms with Gasteiger partial charge in [0.05, 0.1) is 0 Å². The summed E-state index contributed by atoms with van der Waals surface area (Å²) >= 11 is 0. The number of rotatable bonds is 8. The number of aromatic nitrogens is 2. The van der Waals surface area contributed by atoms with Crippen molar-refractivity contribution in [1.29, 1.82) is 0 Å². The van der Waals surface area contributed by atoms with Crippen LogP contribution in [0.5, 0.6) is 5.75 Å². The van der Waals surface area contributed by atoms with Crippen molar-refractivity contribution in [1.82, 2.24) is 14.7 Å². The summed E-state index contributed by atoms with van der Waals surface area (Å²) in [5.41, 5.74) is 7.17. The highest BCUT2D eigenvalue weighted by Crippen LogP contribution is 2.35. The number of amides is 2. The number of phenols is 1. The zero-order valence-corrected chi connectivity index (χ0v) is 20.9. The number of carbonyl (C=O) groups is 2. The minimum absolute atomic E-state index is 0.0521. The van der Waals surface area contributed by atoms with Gasteiger partial charge in [-0.3, -0.25) is 19.2 Å². The lowest BCUT2D eigenvalue weighted by molar-refractivity contribution is -0.117. The Bertz CT molecular complexity index is 1420. The van der Waals surface area contributed by atoms with Crippen molar-refractivity contribution >= 4 is 17.6 Å². The molecule has 5 rings (SSSR count). The van der Waals surface area contributed by atoms with Crippen LogP contribution in [0.4, 0.5) is 10.2 Å². The van der Waals surface area contributed by atoms with Crippen LogP contribution in [0.2, 0.25) is 0 Å². The van der Waals surface area contributed by atoms with Gasteiger partial charge in [0.1, 0.15) is 22.7 Å². The van der Waals surface area contributed by atoms with Crippen molar-refractivity contribution in [2.75, 3.05) is 25.0 Å². The minimum Gasteiger partial charge on any atom is -0.507 e. The zero-order valence-electron chi connectivity index (χ0n) is 20.9. The smallest absolute Gasteiger partial charge is 0.254 e. The average molecular weight is 517 g/mol. The van der Waals surface area contributed by atoms with Crippen molar-refractivity contribution < 1.29 is 19.1 Å². The normalized spacial score (nSPS) is 17.1. The van der Waals surface area contributed by atoms with Gasteiger partial charge >= 0.3 is 0 Å². The molecule has 0 spiro atoms. The molecule has 38 heavy (non-hydrogen) atoms. The van der Waals surface area contributed by atoms with E-state index in [0.29, 0.717) is 43.6 Å². The second-order valence-corrected chi connectivity index (χ2v) is 10.1. The molecule has 2 aliphatic rings. The molecular formula is C28H29FN6O3. The number of phenolic OH excluding ortho intramolecular Hbond substituents is 1. The van der Waals surface area contributed by atoms with Gasteiger partial charge in [-0.2, -0.15) is 5.10 Å². The second-order valence-electron chi connectivity index (χ2n) is 10.1. The number of hydrogen-bond donors (Lipinski definition) is 3. The van der Waals surface area contributed by atoms with Crippen molar-refractivity contribution in [3.8, 4) is 16.9 Å². The highest BCUT2D eigenvalue weighted by Gasteiger charge is 2.41. The third kappa shape index (κ3) is 5.24. The summed E-state index contributed by atoms with van der Waals surface area (Å²) in [6.45, 7) is 9.66. The van der Waals surface area contributed by atoms with E-state index in [-0.39, 0.29) is 41.3 Å². The highest BCUT2D eigenvalue weighted by molar-refractivity contribution is 6.02. The first-order chi connectivity index (χ1) is 18.3. The Kier molecular flexibility index (Phi) is 6.87. The lowest BCUT2D eigenvalue weighted by atomic mass is 9.87. The van der Waals surface area contributed by atoms with Gasteiger partial charge in [-0.1, -0.05) is 24.3 Å². The molecule has 2 aromatic carbocycles. The number of anilines is 1. The van der Waals surface area contributed by atoms with Crippen LogP contribution in [-0.2, 0) is 16.9 Å². The van der Waals surface area contributed by atoms with Gasteiger partial charge in [0.25, 0.3) is 5.91 Å². The van der Waals surface area contributed by atoms with E-state index in [1.165, 1.54) is 12.1 Å². The number of carbonyl (C=O) groups excluding carboxylic acids is 2. The van der Waals surface area contributed by atoms with Crippen LogP contribution in [0.15, 0.2) is 48.7 Å². The fourth-order valence-electron chi connectivity index (χ4n) is 5.02. The molecule has 10 heteroatoms. The number of likely N-dealkylation sites (tertiary alicyclic amines) is 1. The molecule has 1 aliphatic carbocycles. The maximum Gasteiger partial charge on any atom is 0.254 e. The minimum atomic E-state index is -0.681. The predicted octanol–water partition coefficient (Wildman–Crippen LogP) is 3.75. The Morgan fingerprint density at radius 1 is 1.21 bits per heavy atom. The maximum atomic E-state index is 13.6. The van der Waals surface area contributed by atoms with E-state index in [9.17, 15) is 19.1 Å². The molecular weight excluding hydrogens is 487 g/mol. The predicted molar refractivity (Wildman–Crippen MR) is 140 cm³/mol.